The number of piperazine rings is 1. The average molecular weight is 364 g/mol. The highest BCUT2D eigenvalue weighted by molar-refractivity contribution is 6.31. The van der Waals surface area contributed by atoms with Crippen LogP contribution >= 0.6 is 11.6 Å². The molecule has 1 aromatic carbocycles. The van der Waals surface area contributed by atoms with Gasteiger partial charge in [-0.2, -0.15) is 13.2 Å². The molecular weight excluding hydrogens is 343 g/mol. The minimum absolute atomic E-state index is 0.0983. The van der Waals surface area contributed by atoms with Gasteiger partial charge in [0, 0.05) is 37.9 Å². The number of urea groups is 1. The van der Waals surface area contributed by atoms with Crippen LogP contribution in [-0.2, 0) is 6.18 Å². The van der Waals surface area contributed by atoms with E-state index < -0.39 is 11.7 Å². The molecule has 2 amide bonds. The molecule has 8 heteroatoms. The van der Waals surface area contributed by atoms with Crippen LogP contribution in [0.2, 0.25) is 5.02 Å². The number of alkyl halides is 3. The summed E-state index contributed by atoms with van der Waals surface area (Å²) in [5.41, 5.74) is -0.368. The second-order valence-corrected chi connectivity index (χ2v) is 6.30. The molecule has 1 atom stereocenters. The number of carbonyl (C=O) groups excluding carboxylic acids is 1. The Morgan fingerprint density at radius 2 is 1.92 bits per heavy atom. The molecule has 4 nitrogen and oxygen atoms in total. The molecule has 0 bridgehead atoms. The van der Waals surface area contributed by atoms with Crippen molar-refractivity contribution in [3.05, 3.63) is 28.8 Å². The zero-order chi connectivity index (χ0) is 17.9. The maximum Gasteiger partial charge on any atom is 0.417 e. The normalized spacial score (nSPS) is 16.9. The van der Waals surface area contributed by atoms with Gasteiger partial charge in [0.05, 0.1) is 10.6 Å². The third kappa shape index (κ3) is 4.47. The molecule has 2 rings (SSSR count). The quantitative estimate of drug-likeness (QED) is 0.881. The number of halogens is 4. The minimum Gasteiger partial charge on any atom is -0.368 e. The van der Waals surface area contributed by atoms with Crippen molar-refractivity contribution in [1.29, 1.82) is 0 Å². The van der Waals surface area contributed by atoms with Crippen molar-refractivity contribution < 1.29 is 18.0 Å². The van der Waals surface area contributed by atoms with E-state index in [1.165, 1.54) is 6.07 Å². The van der Waals surface area contributed by atoms with Crippen molar-refractivity contribution in [2.45, 2.75) is 32.5 Å². The highest BCUT2D eigenvalue weighted by atomic mass is 35.5. The van der Waals surface area contributed by atoms with Crippen molar-refractivity contribution >= 4 is 23.3 Å². The number of nitrogens with one attached hydrogen (secondary N) is 1. The number of benzene rings is 1. The largest absolute Gasteiger partial charge is 0.417 e. The first-order chi connectivity index (χ1) is 11.2. The van der Waals surface area contributed by atoms with Crippen molar-refractivity contribution in [3.63, 3.8) is 0 Å². The van der Waals surface area contributed by atoms with Gasteiger partial charge in [0.2, 0.25) is 0 Å². The molecule has 1 fully saturated rings. The summed E-state index contributed by atoms with van der Waals surface area (Å²) in [5, 5.41) is 2.59. The summed E-state index contributed by atoms with van der Waals surface area (Å²) in [7, 11) is 0. The first kappa shape index (κ1) is 18.7. The number of rotatable bonds is 3. The highest BCUT2D eigenvalue weighted by Gasteiger charge is 2.34. The van der Waals surface area contributed by atoms with Crippen LogP contribution in [0.25, 0.3) is 0 Å². The molecule has 0 saturated carbocycles. The van der Waals surface area contributed by atoms with E-state index in [4.69, 9.17) is 11.6 Å². The molecule has 0 spiro atoms. The standard InChI is InChI=1S/C16H21ClF3N3O/c1-3-11(2)21-15(24)23-8-6-22(7-9-23)12-4-5-14(17)13(10-12)16(18,19)20/h4-5,10-11H,3,6-9H2,1-2H3,(H,21,24). The van der Waals surface area contributed by atoms with Gasteiger partial charge < -0.3 is 15.1 Å². The van der Waals surface area contributed by atoms with E-state index in [0.29, 0.717) is 31.9 Å². The zero-order valence-electron chi connectivity index (χ0n) is 13.7. The van der Waals surface area contributed by atoms with Gasteiger partial charge in [0.15, 0.2) is 0 Å². The smallest absolute Gasteiger partial charge is 0.368 e. The molecule has 1 aromatic rings. The Labute approximate surface area is 144 Å². The molecule has 24 heavy (non-hydrogen) atoms. The van der Waals surface area contributed by atoms with Gasteiger partial charge in [-0.3, -0.25) is 0 Å². The first-order valence-electron chi connectivity index (χ1n) is 7.89. The van der Waals surface area contributed by atoms with E-state index in [1.807, 2.05) is 18.7 Å². The molecule has 1 heterocycles. The third-order valence-electron chi connectivity index (χ3n) is 4.17. The van der Waals surface area contributed by atoms with Crippen LogP contribution in [0.3, 0.4) is 0 Å². The van der Waals surface area contributed by atoms with Crippen LogP contribution in [-0.4, -0.2) is 43.2 Å². The lowest BCUT2D eigenvalue weighted by Crippen LogP contribution is -2.53. The van der Waals surface area contributed by atoms with Gasteiger partial charge >= 0.3 is 12.2 Å². The monoisotopic (exact) mass is 363 g/mol. The molecule has 0 aromatic heterocycles. The number of hydrogen-bond acceptors (Lipinski definition) is 2. The lowest BCUT2D eigenvalue weighted by atomic mass is 10.1. The number of amides is 2. The number of nitrogens with zero attached hydrogens (tertiary/aromatic N) is 2. The Hall–Kier alpha value is -1.63. The Morgan fingerprint density at radius 3 is 2.46 bits per heavy atom. The Morgan fingerprint density at radius 1 is 1.29 bits per heavy atom. The predicted molar refractivity (Wildman–Crippen MR) is 88.5 cm³/mol. The fraction of sp³-hybridized carbons (Fsp3) is 0.562. The molecule has 0 aliphatic carbocycles. The van der Waals surface area contributed by atoms with E-state index in [9.17, 15) is 18.0 Å². The predicted octanol–water partition coefficient (Wildman–Crippen LogP) is 3.99. The maximum absolute atomic E-state index is 13.0. The summed E-state index contributed by atoms with van der Waals surface area (Å²) in [6.45, 7) is 5.81. The van der Waals surface area contributed by atoms with Crippen LogP contribution in [0.5, 0.6) is 0 Å². The van der Waals surface area contributed by atoms with Gasteiger partial charge in [-0.05, 0) is 31.5 Å². The maximum atomic E-state index is 13.0. The van der Waals surface area contributed by atoms with E-state index in [0.717, 1.165) is 12.5 Å². The van der Waals surface area contributed by atoms with Crippen LogP contribution in [0.4, 0.5) is 23.7 Å². The first-order valence-corrected chi connectivity index (χ1v) is 8.27. The van der Waals surface area contributed by atoms with Gasteiger partial charge in [-0.15, -0.1) is 0 Å². The van der Waals surface area contributed by atoms with Crippen molar-refractivity contribution in [1.82, 2.24) is 10.2 Å². The molecule has 1 aliphatic rings. The van der Waals surface area contributed by atoms with Gasteiger partial charge in [0.1, 0.15) is 0 Å². The van der Waals surface area contributed by atoms with Crippen LogP contribution in [0, 0.1) is 0 Å². The SMILES string of the molecule is CCC(C)NC(=O)N1CCN(c2ccc(Cl)c(C(F)(F)F)c2)CC1. The van der Waals surface area contributed by atoms with Gasteiger partial charge in [-0.25, -0.2) is 4.79 Å². The summed E-state index contributed by atoms with van der Waals surface area (Å²) in [4.78, 5) is 15.6. The minimum atomic E-state index is -4.48. The van der Waals surface area contributed by atoms with E-state index >= 15 is 0 Å². The molecule has 134 valence electrons. The summed E-state index contributed by atoms with van der Waals surface area (Å²) in [6, 6.07) is 3.88. The van der Waals surface area contributed by atoms with Gasteiger partial charge in [0.25, 0.3) is 0 Å². The second-order valence-electron chi connectivity index (χ2n) is 5.89. The summed E-state index contributed by atoms with van der Waals surface area (Å²) in [6.07, 6.45) is -3.64. The molecule has 0 radical (unpaired) electrons. The van der Waals surface area contributed by atoms with Crippen molar-refractivity contribution in [2.75, 3.05) is 31.1 Å². The van der Waals surface area contributed by atoms with Crippen LogP contribution < -0.4 is 10.2 Å². The van der Waals surface area contributed by atoms with Crippen LogP contribution in [0.1, 0.15) is 25.8 Å². The Balaban J connectivity index is 2.01. The number of anilines is 1. The Kier molecular flexibility index (Phi) is 5.85. The average Bonchev–Trinajstić information content (AvgIpc) is 2.54. The fourth-order valence-electron chi connectivity index (χ4n) is 2.50. The summed E-state index contributed by atoms with van der Waals surface area (Å²) < 4.78 is 38.9. The van der Waals surface area contributed by atoms with E-state index in [2.05, 4.69) is 5.32 Å². The lowest BCUT2D eigenvalue weighted by molar-refractivity contribution is -0.137. The topological polar surface area (TPSA) is 35.6 Å². The molecular formula is C16H21ClF3N3O. The number of carbonyl (C=O) groups is 1. The van der Waals surface area contributed by atoms with E-state index in [-0.39, 0.29) is 17.1 Å². The second kappa shape index (κ2) is 7.51. The van der Waals surface area contributed by atoms with Crippen LogP contribution in [0.15, 0.2) is 18.2 Å². The third-order valence-corrected chi connectivity index (χ3v) is 4.50. The fourth-order valence-corrected chi connectivity index (χ4v) is 2.72. The van der Waals surface area contributed by atoms with Crippen molar-refractivity contribution in [2.24, 2.45) is 0 Å². The molecule has 1 unspecified atom stereocenters. The Bertz CT molecular complexity index is 586. The summed E-state index contributed by atoms with van der Waals surface area (Å²) >= 11 is 5.65. The number of hydrogen-bond donors (Lipinski definition) is 1. The molecule has 1 N–H and O–H groups in total. The van der Waals surface area contributed by atoms with Gasteiger partial charge in [-0.1, -0.05) is 18.5 Å². The van der Waals surface area contributed by atoms with E-state index in [1.54, 1.807) is 11.0 Å². The van der Waals surface area contributed by atoms with Crippen molar-refractivity contribution in [3.8, 4) is 0 Å². The lowest BCUT2D eigenvalue weighted by Gasteiger charge is -2.36. The highest BCUT2D eigenvalue weighted by Crippen LogP contribution is 2.37. The molecule has 1 aliphatic heterocycles. The zero-order valence-corrected chi connectivity index (χ0v) is 14.4. The summed E-state index contributed by atoms with van der Waals surface area (Å²) in [5.74, 6) is 0. The molecule has 1 saturated heterocycles.